The molecule has 7 heteroatoms. The van der Waals surface area contributed by atoms with Crippen LogP contribution in [0, 0.1) is 13.8 Å². The highest BCUT2D eigenvalue weighted by molar-refractivity contribution is 14.0. The van der Waals surface area contributed by atoms with Crippen LogP contribution in [-0.4, -0.2) is 20.7 Å². The Balaban J connectivity index is 0.00000200. The molecule has 2 aromatic heterocycles. The molecular formula is C13H19IN6. The van der Waals surface area contributed by atoms with Gasteiger partial charge < -0.3 is 11.1 Å². The molecule has 0 saturated heterocycles. The van der Waals surface area contributed by atoms with E-state index in [1.165, 1.54) is 0 Å². The number of aliphatic imine (C=N–C) groups is 1. The van der Waals surface area contributed by atoms with E-state index in [-0.39, 0.29) is 24.0 Å². The Morgan fingerprint density at radius 3 is 2.70 bits per heavy atom. The smallest absolute Gasteiger partial charge is 0.194 e. The van der Waals surface area contributed by atoms with Crippen LogP contribution in [-0.2, 0) is 13.6 Å². The fraction of sp³-hybridized carbons (Fsp3) is 0.308. The van der Waals surface area contributed by atoms with Crippen molar-refractivity contribution in [2.75, 3.05) is 5.32 Å². The van der Waals surface area contributed by atoms with Crippen LogP contribution in [0.4, 0.5) is 5.82 Å². The second kappa shape index (κ2) is 7.22. The summed E-state index contributed by atoms with van der Waals surface area (Å²) in [6, 6.07) is 5.57. The van der Waals surface area contributed by atoms with Crippen molar-refractivity contribution in [3.05, 3.63) is 41.3 Å². The molecule has 3 N–H and O–H groups in total. The number of hydrogen-bond acceptors (Lipinski definition) is 3. The molecule has 2 aromatic rings. The van der Waals surface area contributed by atoms with Gasteiger partial charge in [-0.05, 0) is 26.0 Å². The summed E-state index contributed by atoms with van der Waals surface area (Å²) < 4.78 is 1.85. The molecule has 20 heavy (non-hydrogen) atoms. The Morgan fingerprint density at radius 2 is 2.15 bits per heavy atom. The number of aromatic nitrogens is 3. The summed E-state index contributed by atoms with van der Waals surface area (Å²) in [5, 5.41) is 7.29. The van der Waals surface area contributed by atoms with Gasteiger partial charge in [-0.3, -0.25) is 4.68 Å². The van der Waals surface area contributed by atoms with Gasteiger partial charge in [0, 0.05) is 24.5 Å². The first-order valence-corrected chi connectivity index (χ1v) is 6.05. The molecule has 0 unspecified atom stereocenters. The third-order valence-electron chi connectivity index (χ3n) is 2.99. The number of anilines is 1. The number of guanidine groups is 1. The SMILES string of the molecule is Cc1nn(C)c(C)c1CN=C(N)Nc1ccccn1.I. The number of rotatable bonds is 3. The van der Waals surface area contributed by atoms with Crippen LogP contribution in [0.15, 0.2) is 29.4 Å². The van der Waals surface area contributed by atoms with E-state index in [9.17, 15) is 0 Å². The average Bonchev–Trinajstić information content (AvgIpc) is 2.62. The van der Waals surface area contributed by atoms with Crippen molar-refractivity contribution >= 4 is 35.8 Å². The second-order valence-corrected chi connectivity index (χ2v) is 4.31. The number of aryl methyl sites for hydroxylation is 2. The zero-order valence-corrected chi connectivity index (χ0v) is 14.1. The van der Waals surface area contributed by atoms with E-state index in [4.69, 9.17) is 5.73 Å². The fourth-order valence-corrected chi connectivity index (χ4v) is 1.82. The standard InChI is InChI=1S/C13H18N6.HI/c1-9-11(10(2)19(3)18-9)8-16-13(14)17-12-6-4-5-7-15-12;/h4-7H,8H2,1-3H3,(H3,14,15,16,17);1H. The number of halogens is 1. The maximum absolute atomic E-state index is 5.83. The average molecular weight is 386 g/mol. The summed E-state index contributed by atoms with van der Waals surface area (Å²) in [4.78, 5) is 8.44. The van der Waals surface area contributed by atoms with Crippen LogP contribution in [0.3, 0.4) is 0 Å². The molecule has 0 aliphatic rings. The van der Waals surface area contributed by atoms with Crippen LogP contribution in [0.1, 0.15) is 17.0 Å². The first kappa shape index (κ1) is 16.4. The summed E-state index contributed by atoms with van der Waals surface area (Å²) in [7, 11) is 1.92. The van der Waals surface area contributed by atoms with Gasteiger partial charge in [-0.2, -0.15) is 5.10 Å². The van der Waals surface area contributed by atoms with Crippen molar-refractivity contribution in [3.63, 3.8) is 0 Å². The molecule has 0 radical (unpaired) electrons. The van der Waals surface area contributed by atoms with Gasteiger partial charge >= 0.3 is 0 Å². The maximum atomic E-state index is 5.83. The molecule has 2 heterocycles. The molecule has 0 saturated carbocycles. The van der Waals surface area contributed by atoms with Crippen LogP contribution in [0.25, 0.3) is 0 Å². The van der Waals surface area contributed by atoms with Gasteiger partial charge in [0.05, 0.1) is 12.2 Å². The summed E-state index contributed by atoms with van der Waals surface area (Å²) in [5.74, 6) is 1.03. The van der Waals surface area contributed by atoms with Crippen LogP contribution < -0.4 is 11.1 Å². The lowest BCUT2D eigenvalue weighted by Gasteiger charge is -2.04. The molecular weight excluding hydrogens is 367 g/mol. The van der Waals surface area contributed by atoms with Crippen LogP contribution in [0.2, 0.25) is 0 Å². The minimum atomic E-state index is 0. The molecule has 0 spiro atoms. The van der Waals surface area contributed by atoms with E-state index >= 15 is 0 Å². The molecule has 0 aliphatic carbocycles. The number of nitrogens with one attached hydrogen (secondary N) is 1. The minimum absolute atomic E-state index is 0. The predicted molar refractivity (Wildman–Crippen MR) is 91.3 cm³/mol. The van der Waals surface area contributed by atoms with E-state index in [0.717, 1.165) is 17.0 Å². The monoisotopic (exact) mass is 386 g/mol. The van der Waals surface area contributed by atoms with Crippen LogP contribution >= 0.6 is 24.0 Å². The zero-order valence-electron chi connectivity index (χ0n) is 11.8. The van der Waals surface area contributed by atoms with Crippen molar-refractivity contribution in [3.8, 4) is 0 Å². The molecule has 6 nitrogen and oxygen atoms in total. The van der Waals surface area contributed by atoms with Gasteiger partial charge in [0.25, 0.3) is 0 Å². The zero-order chi connectivity index (χ0) is 13.8. The molecule has 0 atom stereocenters. The molecule has 0 bridgehead atoms. The molecule has 108 valence electrons. The highest BCUT2D eigenvalue weighted by Crippen LogP contribution is 2.12. The van der Waals surface area contributed by atoms with Gasteiger partial charge in [-0.25, -0.2) is 9.98 Å². The van der Waals surface area contributed by atoms with E-state index in [1.54, 1.807) is 6.20 Å². The van der Waals surface area contributed by atoms with Gasteiger partial charge in [-0.1, -0.05) is 6.07 Å². The normalized spacial score (nSPS) is 11.1. The van der Waals surface area contributed by atoms with E-state index in [1.807, 2.05) is 43.8 Å². The topological polar surface area (TPSA) is 81.1 Å². The van der Waals surface area contributed by atoms with Gasteiger partial charge in [0.15, 0.2) is 5.96 Å². The van der Waals surface area contributed by atoms with E-state index in [0.29, 0.717) is 18.3 Å². The summed E-state index contributed by atoms with van der Waals surface area (Å²) >= 11 is 0. The lowest BCUT2D eigenvalue weighted by molar-refractivity contribution is 0.730. The second-order valence-electron chi connectivity index (χ2n) is 4.31. The summed E-state index contributed by atoms with van der Waals surface area (Å²) in [6.07, 6.45) is 1.70. The lowest BCUT2D eigenvalue weighted by atomic mass is 10.2. The predicted octanol–water partition coefficient (Wildman–Crippen LogP) is 1.98. The van der Waals surface area contributed by atoms with Crippen LogP contribution in [0.5, 0.6) is 0 Å². The molecule has 0 aromatic carbocycles. The quantitative estimate of drug-likeness (QED) is 0.480. The van der Waals surface area contributed by atoms with Gasteiger partial charge in [0.2, 0.25) is 0 Å². The third kappa shape index (κ3) is 3.92. The largest absolute Gasteiger partial charge is 0.370 e. The summed E-state index contributed by atoms with van der Waals surface area (Å²) in [5.41, 5.74) is 9.02. The van der Waals surface area contributed by atoms with Crippen molar-refractivity contribution in [2.45, 2.75) is 20.4 Å². The number of hydrogen-bond donors (Lipinski definition) is 2. The van der Waals surface area contributed by atoms with Gasteiger partial charge in [0.1, 0.15) is 5.82 Å². The van der Waals surface area contributed by atoms with Crippen molar-refractivity contribution < 1.29 is 0 Å². The number of pyridine rings is 1. The third-order valence-corrected chi connectivity index (χ3v) is 2.99. The Labute approximate surface area is 135 Å². The van der Waals surface area contributed by atoms with E-state index in [2.05, 4.69) is 20.4 Å². The molecule has 0 fully saturated rings. The first-order valence-electron chi connectivity index (χ1n) is 6.05. The number of nitrogens with zero attached hydrogens (tertiary/aromatic N) is 4. The minimum Gasteiger partial charge on any atom is -0.370 e. The Morgan fingerprint density at radius 1 is 1.40 bits per heavy atom. The Bertz CT molecular complexity index is 590. The van der Waals surface area contributed by atoms with E-state index < -0.39 is 0 Å². The maximum Gasteiger partial charge on any atom is 0.194 e. The Kier molecular flexibility index (Phi) is 5.93. The molecule has 2 rings (SSSR count). The molecule has 0 aliphatic heterocycles. The Hall–Kier alpha value is -1.64. The fourth-order valence-electron chi connectivity index (χ4n) is 1.82. The highest BCUT2D eigenvalue weighted by atomic mass is 127. The highest BCUT2D eigenvalue weighted by Gasteiger charge is 2.08. The number of nitrogens with two attached hydrogens (primary N) is 1. The lowest BCUT2D eigenvalue weighted by Crippen LogP contribution is -2.23. The molecule has 0 amide bonds. The first-order chi connectivity index (χ1) is 9.08. The summed E-state index contributed by atoms with van der Waals surface area (Å²) in [6.45, 7) is 4.50. The van der Waals surface area contributed by atoms with Crippen molar-refractivity contribution in [1.82, 2.24) is 14.8 Å². The van der Waals surface area contributed by atoms with Crippen molar-refractivity contribution in [2.24, 2.45) is 17.8 Å². The van der Waals surface area contributed by atoms with Crippen molar-refractivity contribution in [1.29, 1.82) is 0 Å². The van der Waals surface area contributed by atoms with Gasteiger partial charge in [-0.15, -0.1) is 24.0 Å².